The van der Waals surface area contributed by atoms with Gasteiger partial charge in [0.05, 0.1) is 11.5 Å². The van der Waals surface area contributed by atoms with Gasteiger partial charge < -0.3 is 5.11 Å². The van der Waals surface area contributed by atoms with Gasteiger partial charge in [0.1, 0.15) is 0 Å². The molecule has 0 radical (unpaired) electrons. The van der Waals surface area contributed by atoms with Gasteiger partial charge in [-0.2, -0.15) is 13.2 Å². The highest BCUT2D eigenvalue weighted by atomic mass is 32.1. The summed E-state index contributed by atoms with van der Waals surface area (Å²) in [6.07, 6.45) is -3.41. The van der Waals surface area contributed by atoms with Crippen molar-refractivity contribution in [1.29, 1.82) is 0 Å². The number of halogens is 3. The zero-order chi connectivity index (χ0) is 12.7. The highest BCUT2D eigenvalue weighted by Gasteiger charge is 2.48. The molecule has 2 rings (SSSR count). The second kappa shape index (κ2) is 4.28. The highest BCUT2D eigenvalue weighted by Crippen LogP contribution is 2.47. The Balaban J connectivity index is 2.24. The minimum Gasteiger partial charge on any atom is -0.385 e. The van der Waals surface area contributed by atoms with E-state index in [9.17, 15) is 18.3 Å². The highest BCUT2D eigenvalue weighted by molar-refractivity contribution is 7.10. The second-order valence-electron chi connectivity index (χ2n) is 4.76. The average Bonchev–Trinajstić information content (AvgIpc) is 2.64. The maximum Gasteiger partial charge on any atom is 0.391 e. The van der Waals surface area contributed by atoms with Crippen molar-refractivity contribution in [2.75, 3.05) is 0 Å². The third-order valence-electron chi connectivity index (χ3n) is 3.55. The molecule has 1 aromatic rings. The fourth-order valence-electron chi connectivity index (χ4n) is 2.64. The Bertz CT molecular complexity index is 399. The molecule has 0 saturated heterocycles. The summed E-state index contributed by atoms with van der Waals surface area (Å²) < 4.78 is 38.2. The molecule has 1 nitrogen and oxygen atoms in total. The van der Waals surface area contributed by atoms with E-state index in [-0.39, 0.29) is 12.8 Å². The Morgan fingerprint density at radius 3 is 2.71 bits per heavy atom. The Morgan fingerprint density at radius 1 is 1.47 bits per heavy atom. The van der Waals surface area contributed by atoms with Crippen molar-refractivity contribution in [3.63, 3.8) is 0 Å². The van der Waals surface area contributed by atoms with Crippen LogP contribution in [-0.2, 0) is 5.60 Å². The van der Waals surface area contributed by atoms with E-state index in [0.717, 1.165) is 4.88 Å². The Labute approximate surface area is 102 Å². The first-order chi connectivity index (χ1) is 7.83. The molecule has 0 aliphatic heterocycles. The van der Waals surface area contributed by atoms with Crippen LogP contribution in [0, 0.1) is 12.8 Å². The first kappa shape index (κ1) is 12.9. The first-order valence-corrected chi connectivity index (χ1v) is 6.54. The number of hydrogen-bond donors (Lipinski definition) is 1. The van der Waals surface area contributed by atoms with Gasteiger partial charge >= 0.3 is 6.18 Å². The van der Waals surface area contributed by atoms with Gasteiger partial charge in [0, 0.05) is 4.88 Å². The van der Waals surface area contributed by atoms with Crippen molar-refractivity contribution in [3.05, 3.63) is 21.9 Å². The lowest BCUT2D eigenvalue weighted by atomic mass is 9.74. The maximum atomic E-state index is 12.7. The van der Waals surface area contributed by atoms with Crippen molar-refractivity contribution in [3.8, 4) is 0 Å². The molecule has 0 bridgehead atoms. The molecule has 1 saturated carbocycles. The van der Waals surface area contributed by atoms with Gasteiger partial charge in [-0.1, -0.05) is 0 Å². The molecule has 0 spiro atoms. The molecule has 1 fully saturated rings. The molecule has 17 heavy (non-hydrogen) atoms. The largest absolute Gasteiger partial charge is 0.391 e. The van der Waals surface area contributed by atoms with Crippen LogP contribution in [-0.4, -0.2) is 11.3 Å². The van der Waals surface area contributed by atoms with Gasteiger partial charge in [-0.05, 0) is 49.6 Å². The van der Waals surface area contributed by atoms with E-state index >= 15 is 0 Å². The van der Waals surface area contributed by atoms with Crippen LogP contribution in [0.25, 0.3) is 0 Å². The number of hydrogen-bond acceptors (Lipinski definition) is 2. The van der Waals surface area contributed by atoms with Gasteiger partial charge in [0.25, 0.3) is 0 Å². The molecule has 0 aromatic carbocycles. The van der Waals surface area contributed by atoms with Crippen LogP contribution in [0.5, 0.6) is 0 Å². The van der Waals surface area contributed by atoms with Crippen LogP contribution in [0.3, 0.4) is 0 Å². The lowest BCUT2D eigenvalue weighted by Crippen LogP contribution is -2.38. The van der Waals surface area contributed by atoms with Gasteiger partial charge in [-0.15, -0.1) is 11.3 Å². The van der Waals surface area contributed by atoms with Crippen LogP contribution < -0.4 is 0 Å². The second-order valence-corrected chi connectivity index (χ2v) is 5.88. The summed E-state index contributed by atoms with van der Waals surface area (Å²) in [6.45, 7) is 1.84. The molecule has 1 aliphatic carbocycles. The van der Waals surface area contributed by atoms with E-state index in [1.165, 1.54) is 11.3 Å². The summed E-state index contributed by atoms with van der Waals surface area (Å²) in [4.78, 5) is 0.912. The van der Waals surface area contributed by atoms with E-state index in [4.69, 9.17) is 0 Å². The average molecular weight is 264 g/mol. The Kier molecular flexibility index (Phi) is 3.25. The fourth-order valence-corrected chi connectivity index (χ4v) is 3.44. The van der Waals surface area contributed by atoms with Crippen molar-refractivity contribution in [2.45, 2.75) is 44.4 Å². The third kappa shape index (κ3) is 2.50. The fraction of sp³-hybridized carbons (Fsp3) is 0.667. The Morgan fingerprint density at radius 2 is 2.18 bits per heavy atom. The number of rotatable bonds is 1. The smallest absolute Gasteiger partial charge is 0.385 e. The monoisotopic (exact) mass is 264 g/mol. The quantitative estimate of drug-likeness (QED) is 0.813. The Hall–Kier alpha value is -0.550. The molecule has 1 N–H and O–H groups in total. The van der Waals surface area contributed by atoms with Crippen molar-refractivity contribution < 1.29 is 18.3 Å². The summed E-state index contributed by atoms with van der Waals surface area (Å²) in [5.74, 6) is -1.37. The van der Waals surface area contributed by atoms with Crippen LogP contribution in [0.4, 0.5) is 13.2 Å². The van der Waals surface area contributed by atoms with Crippen LogP contribution in [0.2, 0.25) is 0 Å². The molecular weight excluding hydrogens is 249 g/mol. The minimum atomic E-state index is -4.20. The predicted molar refractivity (Wildman–Crippen MR) is 61.0 cm³/mol. The van der Waals surface area contributed by atoms with E-state index in [1.54, 1.807) is 6.07 Å². The van der Waals surface area contributed by atoms with E-state index < -0.39 is 17.7 Å². The number of aliphatic hydroxyl groups is 1. The molecule has 2 atom stereocenters. The number of thiophene rings is 1. The summed E-state index contributed by atoms with van der Waals surface area (Å²) in [7, 11) is 0. The third-order valence-corrected chi connectivity index (χ3v) is 4.40. The van der Waals surface area contributed by atoms with Crippen molar-refractivity contribution in [2.24, 2.45) is 5.92 Å². The molecule has 1 aliphatic rings. The minimum absolute atomic E-state index is 0.134. The van der Waals surface area contributed by atoms with Gasteiger partial charge in [0.15, 0.2) is 0 Å². The zero-order valence-electron chi connectivity index (χ0n) is 9.55. The first-order valence-electron chi connectivity index (χ1n) is 5.66. The van der Waals surface area contributed by atoms with E-state index in [0.29, 0.717) is 18.4 Å². The number of alkyl halides is 3. The molecule has 1 heterocycles. The lowest BCUT2D eigenvalue weighted by molar-refractivity contribution is -0.201. The maximum absolute atomic E-state index is 12.7. The summed E-state index contributed by atoms with van der Waals surface area (Å²) in [5.41, 5.74) is -0.612. The summed E-state index contributed by atoms with van der Waals surface area (Å²) in [5, 5.41) is 12.3. The number of aryl methyl sites for hydroxylation is 1. The summed E-state index contributed by atoms with van der Waals surface area (Å²) >= 11 is 1.46. The van der Waals surface area contributed by atoms with Gasteiger partial charge in [0.2, 0.25) is 0 Å². The molecule has 5 heteroatoms. The predicted octanol–water partition coefficient (Wildman–Crippen LogP) is 4.00. The zero-order valence-corrected chi connectivity index (χ0v) is 10.4. The van der Waals surface area contributed by atoms with Crippen molar-refractivity contribution in [1.82, 2.24) is 0 Å². The SMILES string of the molecule is Cc1sccc1C1(O)CCCC(C(F)(F)F)C1. The van der Waals surface area contributed by atoms with Crippen molar-refractivity contribution >= 4 is 11.3 Å². The molecular formula is C12H15F3OS. The van der Waals surface area contributed by atoms with E-state index in [2.05, 4.69) is 0 Å². The summed E-state index contributed by atoms with van der Waals surface area (Å²) in [6, 6.07) is 1.75. The van der Waals surface area contributed by atoms with Crippen LogP contribution >= 0.6 is 11.3 Å². The standard InChI is InChI=1S/C12H15F3OS/c1-8-10(4-6-17-8)11(16)5-2-3-9(7-11)12(13,14)15/h4,6,9,16H,2-3,5,7H2,1H3. The normalized spacial score (nSPS) is 30.5. The molecule has 1 aromatic heterocycles. The molecule has 0 amide bonds. The van der Waals surface area contributed by atoms with Crippen LogP contribution in [0.1, 0.15) is 36.1 Å². The van der Waals surface area contributed by atoms with Crippen LogP contribution in [0.15, 0.2) is 11.4 Å². The molecule has 2 unspecified atom stereocenters. The van der Waals surface area contributed by atoms with Gasteiger partial charge in [-0.25, -0.2) is 0 Å². The van der Waals surface area contributed by atoms with Gasteiger partial charge in [-0.3, -0.25) is 0 Å². The lowest BCUT2D eigenvalue weighted by Gasteiger charge is -2.37. The molecule has 96 valence electrons. The topological polar surface area (TPSA) is 20.2 Å². The van der Waals surface area contributed by atoms with E-state index in [1.807, 2.05) is 12.3 Å².